The zero-order valence-electron chi connectivity index (χ0n) is 12.7. The van der Waals surface area contributed by atoms with Crippen LogP contribution in [0, 0.1) is 0 Å². The van der Waals surface area contributed by atoms with Crippen LogP contribution < -0.4 is 10.6 Å². The highest BCUT2D eigenvalue weighted by Gasteiger charge is 2.27. The summed E-state index contributed by atoms with van der Waals surface area (Å²) >= 11 is 0. The number of carbonyl (C=O) groups excluding carboxylic acids is 1. The Morgan fingerprint density at radius 1 is 1.35 bits per heavy atom. The molecule has 2 N–H and O–H groups in total. The number of hydrogen-bond acceptors (Lipinski definition) is 3. The molecule has 3 atom stereocenters. The molecule has 3 unspecified atom stereocenters. The van der Waals surface area contributed by atoms with Crippen molar-refractivity contribution in [1.29, 1.82) is 0 Å². The number of hydrogen-bond donors (Lipinski definition) is 2. The first kappa shape index (κ1) is 17.7. The van der Waals surface area contributed by atoms with E-state index in [9.17, 15) is 4.79 Å². The molecule has 20 heavy (non-hydrogen) atoms. The second-order valence-electron chi connectivity index (χ2n) is 6.02. The van der Waals surface area contributed by atoms with Crippen LogP contribution >= 0.6 is 12.4 Å². The molecule has 1 saturated heterocycles. The summed E-state index contributed by atoms with van der Waals surface area (Å²) in [7, 11) is 0. The van der Waals surface area contributed by atoms with Gasteiger partial charge in [0.25, 0.3) is 0 Å². The van der Waals surface area contributed by atoms with E-state index in [0.717, 1.165) is 38.6 Å². The molecule has 5 heteroatoms. The standard InChI is InChI=1S/C15H28N2O2.ClH/c1-3-14(19-13-6-4-5-7-13)15(18)17-12-8-9-16-11(2)10-12;/h11-14,16H,3-10H2,1-2H3,(H,17,18);1H. The van der Waals surface area contributed by atoms with Crippen LogP contribution in [0.15, 0.2) is 0 Å². The minimum absolute atomic E-state index is 0. The van der Waals surface area contributed by atoms with E-state index in [4.69, 9.17) is 4.74 Å². The minimum Gasteiger partial charge on any atom is -0.365 e. The Bertz CT molecular complexity index is 296. The molecular weight excluding hydrogens is 276 g/mol. The van der Waals surface area contributed by atoms with Gasteiger partial charge in [0.2, 0.25) is 5.91 Å². The number of carbonyl (C=O) groups is 1. The van der Waals surface area contributed by atoms with Gasteiger partial charge in [0, 0.05) is 12.1 Å². The number of halogens is 1. The summed E-state index contributed by atoms with van der Waals surface area (Å²) < 4.78 is 5.96. The van der Waals surface area contributed by atoms with Gasteiger partial charge in [-0.25, -0.2) is 0 Å². The van der Waals surface area contributed by atoms with Crippen LogP contribution in [-0.4, -0.2) is 36.7 Å². The minimum atomic E-state index is -0.256. The maximum Gasteiger partial charge on any atom is 0.249 e. The first-order valence-electron chi connectivity index (χ1n) is 7.88. The van der Waals surface area contributed by atoms with E-state index in [-0.39, 0.29) is 24.4 Å². The predicted octanol–water partition coefficient (Wildman–Crippen LogP) is 2.40. The fourth-order valence-electron chi connectivity index (χ4n) is 3.16. The van der Waals surface area contributed by atoms with Crippen molar-refractivity contribution in [3.05, 3.63) is 0 Å². The Morgan fingerprint density at radius 3 is 2.65 bits per heavy atom. The first-order chi connectivity index (χ1) is 9.19. The summed E-state index contributed by atoms with van der Waals surface area (Å²) in [6.45, 7) is 5.20. The Labute approximate surface area is 128 Å². The molecule has 1 aliphatic heterocycles. The van der Waals surface area contributed by atoms with Gasteiger partial charge in [-0.3, -0.25) is 4.79 Å². The molecule has 2 aliphatic rings. The topological polar surface area (TPSA) is 50.4 Å². The van der Waals surface area contributed by atoms with Crippen LogP contribution in [0.1, 0.15) is 58.8 Å². The van der Waals surface area contributed by atoms with Crippen molar-refractivity contribution in [3.63, 3.8) is 0 Å². The molecule has 2 fully saturated rings. The van der Waals surface area contributed by atoms with E-state index >= 15 is 0 Å². The molecule has 118 valence electrons. The first-order valence-corrected chi connectivity index (χ1v) is 7.88. The largest absolute Gasteiger partial charge is 0.365 e. The Morgan fingerprint density at radius 2 is 2.05 bits per heavy atom. The highest BCUT2D eigenvalue weighted by molar-refractivity contribution is 5.85. The number of amides is 1. The predicted molar refractivity (Wildman–Crippen MR) is 83.3 cm³/mol. The lowest BCUT2D eigenvalue weighted by Gasteiger charge is -2.30. The molecular formula is C15H29ClN2O2. The van der Waals surface area contributed by atoms with Crippen LogP contribution in [0.5, 0.6) is 0 Å². The fraction of sp³-hybridized carbons (Fsp3) is 0.933. The Balaban J connectivity index is 0.00000200. The number of ether oxygens (including phenoxy) is 1. The molecule has 1 amide bonds. The molecule has 1 heterocycles. The summed E-state index contributed by atoms with van der Waals surface area (Å²) in [6.07, 6.45) is 7.59. The highest BCUT2D eigenvalue weighted by Crippen LogP contribution is 2.23. The van der Waals surface area contributed by atoms with Crippen LogP contribution in [0.25, 0.3) is 0 Å². The molecule has 0 spiro atoms. The lowest BCUT2D eigenvalue weighted by molar-refractivity contribution is -0.137. The summed E-state index contributed by atoms with van der Waals surface area (Å²) in [5, 5.41) is 6.57. The molecule has 0 aromatic heterocycles. The van der Waals surface area contributed by atoms with Crippen molar-refractivity contribution in [2.24, 2.45) is 0 Å². The van der Waals surface area contributed by atoms with E-state index < -0.39 is 0 Å². The molecule has 1 aliphatic carbocycles. The third-order valence-electron chi connectivity index (χ3n) is 4.29. The Kier molecular flexibility index (Phi) is 7.85. The summed E-state index contributed by atoms with van der Waals surface area (Å²) in [4.78, 5) is 12.3. The molecule has 2 rings (SSSR count). The van der Waals surface area contributed by atoms with E-state index in [2.05, 4.69) is 17.6 Å². The normalized spacial score (nSPS) is 28.7. The third-order valence-corrected chi connectivity index (χ3v) is 4.29. The van der Waals surface area contributed by atoms with E-state index in [1.54, 1.807) is 0 Å². The van der Waals surface area contributed by atoms with Crippen molar-refractivity contribution in [3.8, 4) is 0 Å². The van der Waals surface area contributed by atoms with Crippen molar-refractivity contribution in [1.82, 2.24) is 10.6 Å². The number of rotatable bonds is 5. The lowest BCUT2D eigenvalue weighted by atomic mass is 10.0. The van der Waals surface area contributed by atoms with Gasteiger partial charge in [-0.2, -0.15) is 0 Å². The second-order valence-corrected chi connectivity index (χ2v) is 6.02. The zero-order valence-corrected chi connectivity index (χ0v) is 13.5. The average Bonchev–Trinajstić information content (AvgIpc) is 2.88. The maximum absolute atomic E-state index is 12.3. The number of piperidine rings is 1. The van der Waals surface area contributed by atoms with Gasteiger partial charge < -0.3 is 15.4 Å². The van der Waals surface area contributed by atoms with Crippen molar-refractivity contribution in [2.75, 3.05) is 6.54 Å². The van der Waals surface area contributed by atoms with Crippen molar-refractivity contribution in [2.45, 2.75) is 83.1 Å². The van der Waals surface area contributed by atoms with Crippen LogP contribution in [0.2, 0.25) is 0 Å². The molecule has 4 nitrogen and oxygen atoms in total. The van der Waals surface area contributed by atoms with Crippen LogP contribution in [0.3, 0.4) is 0 Å². The SMILES string of the molecule is CCC(OC1CCCC1)C(=O)NC1CCNC(C)C1.Cl. The quantitative estimate of drug-likeness (QED) is 0.820. The van der Waals surface area contributed by atoms with E-state index in [0.29, 0.717) is 18.2 Å². The molecule has 0 radical (unpaired) electrons. The van der Waals surface area contributed by atoms with Crippen LogP contribution in [0.4, 0.5) is 0 Å². The van der Waals surface area contributed by atoms with Crippen molar-refractivity contribution < 1.29 is 9.53 Å². The van der Waals surface area contributed by atoms with Gasteiger partial charge in [-0.05, 0) is 45.6 Å². The van der Waals surface area contributed by atoms with Gasteiger partial charge >= 0.3 is 0 Å². The smallest absolute Gasteiger partial charge is 0.249 e. The molecule has 0 aromatic rings. The van der Waals surface area contributed by atoms with Gasteiger partial charge in [-0.15, -0.1) is 12.4 Å². The third kappa shape index (κ3) is 5.23. The van der Waals surface area contributed by atoms with Crippen LogP contribution in [-0.2, 0) is 9.53 Å². The fourth-order valence-corrected chi connectivity index (χ4v) is 3.16. The molecule has 1 saturated carbocycles. The van der Waals surface area contributed by atoms with Gasteiger partial charge in [0.05, 0.1) is 6.10 Å². The monoisotopic (exact) mass is 304 g/mol. The van der Waals surface area contributed by atoms with Gasteiger partial charge in [0.1, 0.15) is 6.10 Å². The van der Waals surface area contributed by atoms with Gasteiger partial charge in [0.15, 0.2) is 0 Å². The van der Waals surface area contributed by atoms with Gasteiger partial charge in [-0.1, -0.05) is 19.8 Å². The van der Waals surface area contributed by atoms with E-state index in [1.165, 1.54) is 12.8 Å². The Hall–Kier alpha value is -0.320. The molecule has 0 bridgehead atoms. The summed E-state index contributed by atoms with van der Waals surface area (Å²) in [5.74, 6) is 0.0912. The molecule has 0 aromatic carbocycles. The zero-order chi connectivity index (χ0) is 13.7. The summed E-state index contributed by atoms with van der Waals surface area (Å²) in [6, 6.07) is 0.805. The van der Waals surface area contributed by atoms with E-state index in [1.807, 2.05) is 6.92 Å². The number of nitrogens with one attached hydrogen (secondary N) is 2. The maximum atomic E-state index is 12.3. The van der Waals surface area contributed by atoms with Crippen molar-refractivity contribution >= 4 is 18.3 Å². The second kappa shape index (κ2) is 8.85. The highest BCUT2D eigenvalue weighted by atomic mass is 35.5. The lowest BCUT2D eigenvalue weighted by Crippen LogP contribution is -2.49. The summed E-state index contributed by atoms with van der Waals surface area (Å²) in [5.41, 5.74) is 0. The average molecular weight is 305 g/mol.